The van der Waals surface area contributed by atoms with Gasteiger partial charge in [-0.15, -0.1) is 0 Å². The summed E-state index contributed by atoms with van der Waals surface area (Å²) in [6.07, 6.45) is -1.71. The van der Waals surface area contributed by atoms with Crippen molar-refractivity contribution in [2.75, 3.05) is 0 Å². The smallest absolute Gasteiger partial charge is 0.331 e. The fraction of sp³-hybridized carbons (Fsp3) is 0.300. The molecule has 1 aromatic rings. The first-order valence-corrected chi connectivity index (χ1v) is 4.69. The van der Waals surface area contributed by atoms with Crippen molar-refractivity contribution in [3.63, 3.8) is 0 Å². The van der Waals surface area contributed by atoms with Crippen molar-refractivity contribution in [3.05, 3.63) is 34.9 Å². The molecule has 0 fully saturated rings. The zero-order valence-electron chi connectivity index (χ0n) is 8.08. The minimum Gasteiger partial charge on any atom is -0.480 e. The zero-order valence-corrected chi connectivity index (χ0v) is 8.83. The minimum atomic E-state index is -2.05. The molecule has 0 bridgehead atoms. The monoisotopic (exact) mass is 231 g/mol. The molecule has 15 heavy (non-hydrogen) atoms. The maximum absolute atomic E-state index is 13.3. The van der Waals surface area contributed by atoms with Gasteiger partial charge in [0.05, 0.1) is 0 Å². The molecule has 2 atom stereocenters. The Morgan fingerprint density at radius 2 is 2.27 bits per heavy atom. The number of carbonyl (C=O) groups is 1. The Morgan fingerprint density at radius 3 is 2.67 bits per heavy atom. The van der Waals surface area contributed by atoms with Crippen molar-refractivity contribution in [3.8, 4) is 0 Å². The van der Waals surface area contributed by atoms with Crippen LogP contribution in [0.5, 0.6) is 0 Å². The van der Waals surface area contributed by atoms with Crippen LogP contribution in [-0.4, -0.2) is 17.2 Å². The minimum absolute atomic E-state index is 0.150. The quantitative estimate of drug-likeness (QED) is 0.836. The van der Waals surface area contributed by atoms with E-state index in [0.717, 1.165) is 6.92 Å². The maximum atomic E-state index is 13.3. The molecule has 0 aliphatic rings. The van der Waals surface area contributed by atoms with E-state index in [2.05, 4.69) is 0 Å². The van der Waals surface area contributed by atoms with Gasteiger partial charge in [0.15, 0.2) is 5.54 Å². The van der Waals surface area contributed by atoms with Gasteiger partial charge >= 0.3 is 5.97 Å². The average molecular weight is 232 g/mol. The van der Waals surface area contributed by atoms with Crippen molar-refractivity contribution in [2.24, 2.45) is 5.73 Å². The lowest BCUT2D eigenvalue weighted by atomic mass is 9.87. The highest BCUT2D eigenvalue weighted by molar-refractivity contribution is 6.30. The first-order chi connectivity index (χ1) is 6.89. The number of halogens is 2. The Bertz CT molecular complexity index is 383. The summed E-state index contributed by atoms with van der Waals surface area (Å²) in [4.78, 5) is 11.0. The lowest BCUT2D eigenvalue weighted by Crippen LogP contribution is -2.51. The molecular formula is C10H11ClFNO2. The Hall–Kier alpha value is -1.13. The molecule has 0 radical (unpaired) electrons. The summed E-state index contributed by atoms with van der Waals surface area (Å²) >= 11 is 5.69. The standard InChI is InChI=1S/C10H11ClFNO2/c1-6(12)10(13,9(14)15)7-3-2-4-8(11)5-7/h2-6H,13H2,1H3,(H,14,15). The number of aliphatic carboxylic acids is 1. The Morgan fingerprint density at radius 1 is 1.67 bits per heavy atom. The van der Waals surface area contributed by atoms with Gasteiger partial charge in [-0.05, 0) is 24.6 Å². The van der Waals surface area contributed by atoms with E-state index in [1.807, 2.05) is 0 Å². The van der Waals surface area contributed by atoms with Crippen LogP contribution in [-0.2, 0) is 10.3 Å². The second kappa shape index (κ2) is 4.16. The van der Waals surface area contributed by atoms with Crippen molar-refractivity contribution in [1.29, 1.82) is 0 Å². The molecule has 0 aliphatic heterocycles. The number of hydrogen-bond acceptors (Lipinski definition) is 2. The van der Waals surface area contributed by atoms with Gasteiger partial charge in [-0.1, -0.05) is 23.7 Å². The van der Waals surface area contributed by atoms with E-state index >= 15 is 0 Å². The molecule has 0 aliphatic carbocycles. The first kappa shape index (κ1) is 11.9. The molecule has 0 saturated carbocycles. The van der Waals surface area contributed by atoms with Crippen LogP contribution in [0.2, 0.25) is 5.02 Å². The predicted octanol–water partition coefficient (Wildman–Crippen LogP) is 1.94. The van der Waals surface area contributed by atoms with Crippen LogP contribution >= 0.6 is 11.6 Å². The highest BCUT2D eigenvalue weighted by Crippen LogP contribution is 2.27. The number of hydrogen-bond donors (Lipinski definition) is 2. The second-order valence-electron chi connectivity index (χ2n) is 3.30. The Labute approximate surface area is 91.7 Å². The Kier molecular flexibility index (Phi) is 3.31. The summed E-state index contributed by atoms with van der Waals surface area (Å²) in [5, 5.41) is 9.26. The predicted molar refractivity (Wildman–Crippen MR) is 55.5 cm³/mol. The molecular weight excluding hydrogens is 221 g/mol. The third-order valence-electron chi connectivity index (χ3n) is 2.28. The summed E-state index contributed by atoms with van der Waals surface area (Å²) in [6.45, 7) is 1.11. The summed E-state index contributed by atoms with van der Waals surface area (Å²) < 4.78 is 13.3. The van der Waals surface area contributed by atoms with Gasteiger partial charge in [0.1, 0.15) is 6.17 Å². The number of carboxylic acid groups (broad SMARTS) is 1. The molecule has 1 aromatic carbocycles. The van der Waals surface area contributed by atoms with E-state index in [1.165, 1.54) is 18.2 Å². The summed E-state index contributed by atoms with van der Waals surface area (Å²) in [5.74, 6) is -1.42. The second-order valence-corrected chi connectivity index (χ2v) is 3.74. The van der Waals surface area contributed by atoms with Crippen LogP contribution in [0.3, 0.4) is 0 Å². The molecule has 0 saturated heterocycles. The number of nitrogens with two attached hydrogens (primary N) is 1. The van der Waals surface area contributed by atoms with Gasteiger partial charge in [0, 0.05) is 5.02 Å². The van der Waals surface area contributed by atoms with Gasteiger partial charge in [0.25, 0.3) is 0 Å². The van der Waals surface area contributed by atoms with E-state index in [9.17, 15) is 9.18 Å². The van der Waals surface area contributed by atoms with Gasteiger partial charge in [-0.2, -0.15) is 0 Å². The van der Waals surface area contributed by atoms with Gasteiger partial charge in [-0.25, -0.2) is 9.18 Å². The maximum Gasteiger partial charge on any atom is 0.331 e. The SMILES string of the molecule is CC(F)C(N)(C(=O)O)c1cccc(Cl)c1. The third kappa shape index (κ3) is 2.11. The fourth-order valence-corrected chi connectivity index (χ4v) is 1.46. The van der Waals surface area contributed by atoms with E-state index in [4.69, 9.17) is 22.4 Å². The Balaban J connectivity index is 3.28. The number of alkyl halides is 1. The molecule has 3 nitrogen and oxygen atoms in total. The van der Waals surface area contributed by atoms with E-state index in [1.54, 1.807) is 6.07 Å². The normalized spacial score (nSPS) is 16.8. The van der Waals surface area contributed by atoms with E-state index < -0.39 is 17.7 Å². The first-order valence-electron chi connectivity index (χ1n) is 4.31. The topological polar surface area (TPSA) is 63.3 Å². The largest absolute Gasteiger partial charge is 0.480 e. The zero-order chi connectivity index (χ0) is 11.6. The fourth-order valence-electron chi connectivity index (χ4n) is 1.27. The van der Waals surface area contributed by atoms with Gasteiger partial charge in [0.2, 0.25) is 0 Å². The summed E-state index contributed by atoms with van der Waals surface area (Å²) in [5.41, 5.74) is 3.64. The number of rotatable bonds is 3. The number of carboxylic acids is 1. The van der Waals surface area contributed by atoms with Crippen molar-refractivity contribution in [2.45, 2.75) is 18.6 Å². The lowest BCUT2D eigenvalue weighted by Gasteiger charge is -2.26. The van der Waals surface area contributed by atoms with Crippen molar-refractivity contribution >= 4 is 17.6 Å². The number of benzene rings is 1. The van der Waals surface area contributed by atoms with E-state index in [0.29, 0.717) is 5.02 Å². The molecule has 5 heteroatoms. The molecule has 2 unspecified atom stereocenters. The van der Waals surface area contributed by atoms with Crippen LogP contribution in [0.1, 0.15) is 12.5 Å². The summed E-state index contributed by atoms with van der Waals surface area (Å²) in [7, 11) is 0. The van der Waals surface area contributed by atoms with Crippen molar-refractivity contribution in [1.82, 2.24) is 0 Å². The third-order valence-corrected chi connectivity index (χ3v) is 2.52. The molecule has 82 valence electrons. The van der Waals surface area contributed by atoms with Crippen molar-refractivity contribution < 1.29 is 14.3 Å². The molecule has 0 aromatic heterocycles. The lowest BCUT2D eigenvalue weighted by molar-refractivity contribution is -0.146. The van der Waals surface area contributed by atoms with Crippen LogP contribution < -0.4 is 5.73 Å². The highest BCUT2D eigenvalue weighted by Gasteiger charge is 2.42. The van der Waals surface area contributed by atoms with Crippen LogP contribution in [0.15, 0.2) is 24.3 Å². The van der Waals surface area contributed by atoms with Crippen LogP contribution in [0, 0.1) is 0 Å². The van der Waals surface area contributed by atoms with Crippen LogP contribution in [0.4, 0.5) is 4.39 Å². The van der Waals surface area contributed by atoms with Gasteiger partial charge < -0.3 is 10.8 Å². The molecule has 0 amide bonds. The van der Waals surface area contributed by atoms with Crippen LogP contribution in [0.25, 0.3) is 0 Å². The average Bonchev–Trinajstić information content (AvgIpc) is 2.15. The molecule has 0 spiro atoms. The highest BCUT2D eigenvalue weighted by atomic mass is 35.5. The molecule has 1 rings (SSSR count). The molecule has 0 heterocycles. The van der Waals surface area contributed by atoms with E-state index in [-0.39, 0.29) is 5.56 Å². The summed E-state index contributed by atoms with van der Waals surface area (Å²) in [6, 6.07) is 5.89. The van der Waals surface area contributed by atoms with Gasteiger partial charge in [-0.3, -0.25) is 0 Å². The molecule has 3 N–H and O–H groups in total.